The number of hydrogen-bond acceptors (Lipinski definition) is 3. The zero-order valence-corrected chi connectivity index (χ0v) is 16.9. The predicted molar refractivity (Wildman–Crippen MR) is 125 cm³/mol. The van der Waals surface area contributed by atoms with Gasteiger partial charge in [0.05, 0.1) is 0 Å². The minimum atomic E-state index is 1.17. The van der Waals surface area contributed by atoms with Gasteiger partial charge < -0.3 is 0 Å². The van der Waals surface area contributed by atoms with Crippen LogP contribution in [-0.4, -0.2) is 0 Å². The second-order valence-electron chi connectivity index (χ2n) is 7.19. The molecule has 0 saturated heterocycles. The summed E-state index contributed by atoms with van der Waals surface area (Å²) < 4.78 is 7.25. The van der Waals surface area contributed by atoms with Crippen molar-refractivity contribution in [3.05, 3.63) is 65.0 Å². The third-order valence-corrected chi connectivity index (χ3v) is 9.38. The Labute approximate surface area is 168 Å². The fourth-order valence-corrected chi connectivity index (χ4v) is 8.68. The first-order chi connectivity index (χ1) is 13.4. The lowest BCUT2D eigenvalue weighted by Gasteiger charge is -2.04. The molecule has 27 heavy (non-hydrogen) atoms. The summed E-state index contributed by atoms with van der Waals surface area (Å²) in [4.78, 5) is 1.56. The van der Waals surface area contributed by atoms with Crippen molar-refractivity contribution in [3.8, 4) is 0 Å². The Morgan fingerprint density at radius 2 is 1.22 bits per heavy atom. The van der Waals surface area contributed by atoms with Crippen molar-refractivity contribution in [3.63, 3.8) is 0 Å². The number of allylic oxidation sites excluding steroid dienone is 1. The third kappa shape index (κ3) is 1.82. The van der Waals surface area contributed by atoms with E-state index in [1.54, 1.807) is 4.88 Å². The highest BCUT2D eigenvalue weighted by Gasteiger charge is 2.23. The summed E-state index contributed by atoms with van der Waals surface area (Å²) >= 11 is 5.98. The SMILES string of the molecule is C1=Cc2c(sc3c2c2sc4ccccc4c2c2sc4ccccc4c32)CC1. The molecule has 0 fully saturated rings. The van der Waals surface area contributed by atoms with Crippen LogP contribution in [0.1, 0.15) is 16.9 Å². The monoisotopic (exact) mass is 398 g/mol. The van der Waals surface area contributed by atoms with Crippen molar-refractivity contribution in [2.45, 2.75) is 12.8 Å². The highest BCUT2D eigenvalue weighted by molar-refractivity contribution is 7.32. The second-order valence-corrected chi connectivity index (χ2v) is 10.4. The van der Waals surface area contributed by atoms with Crippen molar-refractivity contribution in [1.82, 2.24) is 0 Å². The number of hydrogen-bond donors (Lipinski definition) is 0. The van der Waals surface area contributed by atoms with Crippen molar-refractivity contribution in [2.24, 2.45) is 0 Å². The molecule has 0 aliphatic heterocycles. The van der Waals surface area contributed by atoms with Gasteiger partial charge in [-0.1, -0.05) is 48.6 Å². The van der Waals surface area contributed by atoms with Crippen LogP contribution in [-0.2, 0) is 6.42 Å². The Morgan fingerprint density at radius 1 is 0.630 bits per heavy atom. The van der Waals surface area contributed by atoms with Crippen LogP contribution < -0.4 is 0 Å². The molecule has 0 saturated carbocycles. The molecule has 0 unspecified atom stereocenters. The van der Waals surface area contributed by atoms with Gasteiger partial charge in [0, 0.05) is 55.3 Å². The first-order valence-corrected chi connectivity index (χ1v) is 11.7. The molecule has 6 aromatic rings. The molecule has 0 bridgehead atoms. The zero-order chi connectivity index (χ0) is 17.5. The molecule has 7 rings (SSSR count). The standard InChI is InChI=1S/C24H14S3/c1-4-10-16-13(7-1)19-22(25-16)20-15-9-3-6-12-18(15)27-24(20)21-14-8-2-5-11-17(14)26-23(19)21/h1-5,7-11H,6,12H2. The molecule has 1 aliphatic carbocycles. The molecule has 0 amide bonds. The lowest BCUT2D eigenvalue weighted by atomic mass is 9.99. The lowest BCUT2D eigenvalue weighted by Crippen LogP contribution is -1.87. The van der Waals surface area contributed by atoms with E-state index in [9.17, 15) is 0 Å². The molecule has 3 heteroatoms. The molecule has 0 nitrogen and oxygen atoms in total. The van der Waals surface area contributed by atoms with Gasteiger partial charge in [0.15, 0.2) is 0 Å². The van der Waals surface area contributed by atoms with Crippen LogP contribution in [0.2, 0.25) is 0 Å². The van der Waals surface area contributed by atoms with Gasteiger partial charge in [-0.05, 0) is 30.5 Å². The van der Waals surface area contributed by atoms with Crippen LogP contribution in [0, 0.1) is 0 Å². The number of benzene rings is 3. The average Bonchev–Trinajstić information content (AvgIpc) is 3.38. The van der Waals surface area contributed by atoms with Gasteiger partial charge in [0.25, 0.3) is 0 Å². The van der Waals surface area contributed by atoms with E-state index < -0.39 is 0 Å². The van der Waals surface area contributed by atoms with E-state index in [0.717, 1.165) is 0 Å². The Bertz CT molecular complexity index is 1570. The minimum absolute atomic E-state index is 1.17. The van der Waals surface area contributed by atoms with E-state index in [4.69, 9.17) is 0 Å². The van der Waals surface area contributed by atoms with Crippen LogP contribution in [0.4, 0.5) is 0 Å². The van der Waals surface area contributed by atoms with Crippen LogP contribution in [0.15, 0.2) is 54.6 Å². The van der Waals surface area contributed by atoms with Crippen molar-refractivity contribution in [1.29, 1.82) is 0 Å². The summed E-state index contributed by atoms with van der Waals surface area (Å²) in [5.74, 6) is 0. The summed E-state index contributed by atoms with van der Waals surface area (Å²) in [6, 6.07) is 17.9. The molecule has 3 heterocycles. The smallest absolute Gasteiger partial charge is 0.0463 e. The summed E-state index contributed by atoms with van der Waals surface area (Å²) in [5, 5.41) is 7.28. The molecule has 0 spiro atoms. The fraction of sp³-hybridized carbons (Fsp3) is 0.0833. The number of aryl methyl sites for hydroxylation is 1. The van der Waals surface area contributed by atoms with Crippen molar-refractivity contribution >= 4 is 90.5 Å². The van der Waals surface area contributed by atoms with Gasteiger partial charge in [-0.3, -0.25) is 0 Å². The number of thiophene rings is 3. The van der Waals surface area contributed by atoms with E-state index in [1.165, 1.54) is 68.8 Å². The third-order valence-electron chi connectivity index (χ3n) is 5.72. The summed E-state index contributed by atoms with van der Waals surface area (Å²) in [5.41, 5.74) is 1.48. The van der Waals surface area contributed by atoms with Crippen molar-refractivity contribution in [2.75, 3.05) is 0 Å². The van der Waals surface area contributed by atoms with Gasteiger partial charge in [-0.15, -0.1) is 34.0 Å². The molecule has 128 valence electrons. The van der Waals surface area contributed by atoms with Crippen molar-refractivity contribution < 1.29 is 0 Å². The second kappa shape index (κ2) is 5.20. The lowest BCUT2D eigenvalue weighted by molar-refractivity contribution is 1.02. The largest absolute Gasteiger partial charge is 0.139 e. The predicted octanol–water partition coefficient (Wildman–Crippen LogP) is 8.60. The van der Waals surface area contributed by atoms with E-state index in [2.05, 4.69) is 60.7 Å². The summed E-state index contributed by atoms with van der Waals surface area (Å²) in [6.45, 7) is 0. The maximum atomic E-state index is 2.38. The first kappa shape index (κ1) is 14.8. The first-order valence-electron chi connectivity index (χ1n) is 9.26. The number of fused-ring (bicyclic) bond motifs is 12. The van der Waals surface area contributed by atoms with Crippen LogP contribution in [0.5, 0.6) is 0 Å². The molecule has 3 aromatic heterocycles. The quantitative estimate of drug-likeness (QED) is 0.240. The maximum absolute atomic E-state index is 2.38. The van der Waals surface area contributed by atoms with Gasteiger partial charge in [0.2, 0.25) is 0 Å². The molecular weight excluding hydrogens is 384 g/mol. The van der Waals surface area contributed by atoms with E-state index in [-0.39, 0.29) is 0 Å². The zero-order valence-electron chi connectivity index (χ0n) is 14.4. The molecular formula is C24H14S3. The van der Waals surface area contributed by atoms with Gasteiger partial charge >= 0.3 is 0 Å². The Morgan fingerprint density at radius 3 is 1.93 bits per heavy atom. The van der Waals surface area contributed by atoms with E-state index in [1.807, 2.05) is 34.0 Å². The average molecular weight is 399 g/mol. The van der Waals surface area contributed by atoms with Gasteiger partial charge in [-0.2, -0.15) is 0 Å². The van der Waals surface area contributed by atoms with E-state index >= 15 is 0 Å². The molecule has 0 radical (unpaired) electrons. The highest BCUT2D eigenvalue weighted by atomic mass is 32.1. The summed E-state index contributed by atoms with van der Waals surface area (Å²) in [7, 11) is 0. The minimum Gasteiger partial charge on any atom is -0.139 e. The molecule has 1 aliphatic rings. The Balaban J connectivity index is 1.90. The van der Waals surface area contributed by atoms with Crippen LogP contribution in [0.25, 0.3) is 56.5 Å². The maximum Gasteiger partial charge on any atom is 0.0463 e. The van der Waals surface area contributed by atoms with Gasteiger partial charge in [-0.25, -0.2) is 0 Å². The molecule has 0 N–H and O–H groups in total. The fourth-order valence-electron chi connectivity index (χ4n) is 4.56. The van der Waals surface area contributed by atoms with Crippen LogP contribution >= 0.6 is 34.0 Å². The Hall–Kier alpha value is -2.20. The topological polar surface area (TPSA) is 0 Å². The Kier molecular flexibility index (Phi) is 2.85. The van der Waals surface area contributed by atoms with Crippen LogP contribution in [0.3, 0.4) is 0 Å². The number of rotatable bonds is 0. The normalized spacial score (nSPS) is 14.2. The molecule has 3 aromatic carbocycles. The van der Waals surface area contributed by atoms with E-state index in [0.29, 0.717) is 0 Å². The molecule has 0 atom stereocenters. The van der Waals surface area contributed by atoms with Gasteiger partial charge in [0.1, 0.15) is 0 Å². The summed E-state index contributed by atoms with van der Waals surface area (Å²) in [6.07, 6.45) is 7.08. The highest BCUT2D eigenvalue weighted by Crippen LogP contribution is 2.53.